The van der Waals surface area contributed by atoms with Gasteiger partial charge in [-0.1, -0.05) is 11.6 Å². The molecule has 1 saturated carbocycles. The van der Waals surface area contributed by atoms with Gasteiger partial charge in [0.1, 0.15) is 11.6 Å². The van der Waals surface area contributed by atoms with Gasteiger partial charge in [-0.05, 0) is 63.5 Å². The molecule has 6 nitrogen and oxygen atoms in total. The van der Waals surface area contributed by atoms with Crippen molar-refractivity contribution in [2.75, 3.05) is 27.3 Å². The fourth-order valence-corrected chi connectivity index (χ4v) is 5.23. The Labute approximate surface area is 170 Å². The number of rotatable bonds is 2. The SMILES string of the molecule is CN(C)C1CCC(c2nnc3n2-c2ccc(Cl)cc2CC2(C3)OCCO2)CC1. The standard InChI is InChI=1S/C21H27ClN4O2/c1-25(2)17-6-3-14(4-7-17)20-24-23-19-13-21(27-9-10-28-21)12-15-11-16(22)5-8-18(15)26(19)20/h5,8,11,14,17H,3-4,6-7,9-10,12-13H2,1-2H3. The first kappa shape index (κ1) is 18.6. The number of aromatic nitrogens is 3. The highest BCUT2D eigenvalue weighted by Crippen LogP contribution is 2.39. The quantitative estimate of drug-likeness (QED) is 0.771. The Hall–Kier alpha value is -1.47. The monoisotopic (exact) mass is 402 g/mol. The molecule has 0 radical (unpaired) electrons. The normalized spacial score (nSPS) is 26.3. The van der Waals surface area contributed by atoms with Crippen LogP contribution in [0.4, 0.5) is 0 Å². The Morgan fingerprint density at radius 1 is 1.07 bits per heavy atom. The largest absolute Gasteiger partial charge is 0.347 e. The van der Waals surface area contributed by atoms with E-state index < -0.39 is 5.79 Å². The van der Waals surface area contributed by atoms with Gasteiger partial charge < -0.3 is 14.4 Å². The van der Waals surface area contributed by atoms with Crippen molar-refractivity contribution < 1.29 is 9.47 Å². The van der Waals surface area contributed by atoms with Crippen LogP contribution in [0.15, 0.2) is 18.2 Å². The minimum atomic E-state index is -0.652. The third kappa shape index (κ3) is 3.16. The molecule has 1 aromatic heterocycles. The van der Waals surface area contributed by atoms with E-state index in [0.717, 1.165) is 40.8 Å². The summed E-state index contributed by atoms with van der Waals surface area (Å²) >= 11 is 6.33. The summed E-state index contributed by atoms with van der Waals surface area (Å²) in [6.07, 6.45) is 5.97. The summed E-state index contributed by atoms with van der Waals surface area (Å²) in [7, 11) is 4.35. The predicted octanol–water partition coefficient (Wildman–Crippen LogP) is 3.35. The van der Waals surface area contributed by atoms with Crippen LogP contribution in [-0.2, 0) is 22.3 Å². The van der Waals surface area contributed by atoms with E-state index in [0.29, 0.717) is 38.0 Å². The summed E-state index contributed by atoms with van der Waals surface area (Å²) in [5, 5.41) is 9.99. The molecule has 2 aromatic rings. The zero-order valence-corrected chi connectivity index (χ0v) is 17.3. The molecule has 1 saturated heterocycles. The first-order valence-corrected chi connectivity index (χ1v) is 10.6. The van der Waals surface area contributed by atoms with Gasteiger partial charge in [0, 0.05) is 23.4 Å². The second kappa shape index (κ2) is 7.10. The molecule has 0 bridgehead atoms. The lowest BCUT2D eigenvalue weighted by Gasteiger charge is -2.32. The third-order valence-corrected chi connectivity index (χ3v) is 6.77. The summed E-state index contributed by atoms with van der Waals surface area (Å²) in [4.78, 5) is 2.34. The molecule has 0 N–H and O–H groups in total. The van der Waals surface area contributed by atoms with E-state index in [9.17, 15) is 0 Å². The van der Waals surface area contributed by atoms with Gasteiger partial charge in [0.15, 0.2) is 5.79 Å². The summed E-state index contributed by atoms with van der Waals surface area (Å²) < 4.78 is 14.4. The number of hydrogen-bond acceptors (Lipinski definition) is 5. The van der Waals surface area contributed by atoms with Crippen molar-refractivity contribution in [2.45, 2.75) is 56.3 Å². The van der Waals surface area contributed by atoms with Crippen molar-refractivity contribution in [3.05, 3.63) is 40.4 Å². The Balaban J connectivity index is 1.55. The van der Waals surface area contributed by atoms with E-state index in [-0.39, 0.29) is 0 Å². The summed E-state index contributed by atoms with van der Waals surface area (Å²) in [5.41, 5.74) is 2.25. The summed E-state index contributed by atoms with van der Waals surface area (Å²) in [6.45, 7) is 1.23. The zero-order chi connectivity index (χ0) is 19.3. The maximum Gasteiger partial charge on any atom is 0.179 e. The van der Waals surface area contributed by atoms with Gasteiger partial charge in [0.25, 0.3) is 0 Å². The first-order valence-electron chi connectivity index (χ1n) is 10.2. The highest BCUT2D eigenvalue weighted by Gasteiger charge is 2.42. The maximum atomic E-state index is 6.33. The number of halogens is 1. The van der Waals surface area contributed by atoms with E-state index in [1.807, 2.05) is 12.1 Å². The molecule has 1 aromatic carbocycles. The maximum absolute atomic E-state index is 6.33. The van der Waals surface area contributed by atoms with Crippen LogP contribution in [0.2, 0.25) is 5.02 Å². The molecule has 2 aliphatic heterocycles. The Morgan fingerprint density at radius 2 is 1.82 bits per heavy atom. The Kier molecular flexibility index (Phi) is 4.70. The van der Waals surface area contributed by atoms with Gasteiger partial charge >= 0.3 is 0 Å². The molecule has 2 fully saturated rings. The van der Waals surface area contributed by atoms with Gasteiger partial charge in [0.05, 0.1) is 25.3 Å². The zero-order valence-electron chi connectivity index (χ0n) is 16.5. The fraction of sp³-hybridized carbons (Fsp3) is 0.619. The average molecular weight is 403 g/mol. The van der Waals surface area contributed by atoms with Gasteiger partial charge in [-0.25, -0.2) is 0 Å². The van der Waals surface area contributed by atoms with Crippen molar-refractivity contribution in [1.29, 1.82) is 0 Å². The van der Waals surface area contributed by atoms with Crippen LogP contribution < -0.4 is 0 Å². The molecule has 150 valence electrons. The molecule has 3 heterocycles. The molecular weight excluding hydrogens is 376 g/mol. The van der Waals surface area contributed by atoms with E-state index in [1.165, 1.54) is 12.8 Å². The molecule has 0 unspecified atom stereocenters. The second-order valence-corrected chi connectivity index (χ2v) is 8.95. The Bertz CT molecular complexity index is 867. The number of ether oxygens (including phenoxy) is 2. The molecule has 28 heavy (non-hydrogen) atoms. The van der Waals surface area contributed by atoms with Gasteiger partial charge in [-0.15, -0.1) is 10.2 Å². The van der Waals surface area contributed by atoms with Crippen LogP contribution in [0.3, 0.4) is 0 Å². The molecular formula is C21H27ClN4O2. The van der Waals surface area contributed by atoms with Crippen molar-refractivity contribution in [3.63, 3.8) is 0 Å². The number of hydrogen-bond donors (Lipinski definition) is 0. The van der Waals surface area contributed by atoms with Crippen molar-refractivity contribution >= 4 is 11.6 Å². The minimum Gasteiger partial charge on any atom is -0.347 e. The van der Waals surface area contributed by atoms with Gasteiger partial charge in [-0.2, -0.15) is 0 Å². The predicted molar refractivity (Wildman–Crippen MR) is 107 cm³/mol. The topological polar surface area (TPSA) is 52.4 Å². The highest BCUT2D eigenvalue weighted by molar-refractivity contribution is 6.30. The lowest BCUT2D eigenvalue weighted by Crippen LogP contribution is -2.35. The van der Waals surface area contributed by atoms with Crippen LogP contribution in [0.25, 0.3) is 5.69 Å². The number of fused-ring (bicyclic) bond motifs is 3. The van der Waals surface area contributed by atoms with Crippen LogP contribution in [-0.4, -0.2) is 58.8 Å². The molecule has 0 atom stereocenters. The van der Waals surface area contributed by atoms with Gasteiger partial charge in [0.2, 0.25) is 0 Å². The van der Waals surface area contributed by atoms with E-state index in [1.54, 1.807) is 0 Å². The van der Waals surface area contributed by atoms with Gasteiger partial charge in [-0.3, -0.25) is 4.57 Å². The molecule has 5 rings (SSSR count). The molecule has 7 heteroatoms. The number of nitrogens with zero attached hydrogens (tertiary/aromatic N) is 4. The first-order chi connectivity index (χ1) is 13.5. The molecule has 1 spiro atoms. The molecule has 1 aliphatic carbocycles. The lowest BCUT2D eigenvalue weighted by atomic mass is 9.85. The van der Waals surface area contributed by atoms with E-state index in [4.69, 9.17) is 21.1 Å². The van der Waals surface area contributed by atoms with Crippen LogP contribution >= 0.6 is 11.6 Å². The number of benzene rings is 1. The Morgan fingerprint density at radius 3 is 2.54 bits per heavy atom. The summed E-state index contributed by atoms with van der Waals surface area (Å²) in [5.74, 6) is 1.78. The van der Waals surface area contributed by atoms with Crippen molar-refractivity contribution in [1.82, 2.24) is 19.7 Å². The average Bonchev–Trinajstić information content (AvgIpc) is 3.27. The fourth-order valence-electron chi connectivity index (χ4n) is 5.03. The van der Waals surface area contributed by atoms with Crippen molar-refractivity contribution in [2.24, 2.45) is 0 Å². The van der Waals surface area contributed by atoms with Crippen LogP contribution in [0, 0.1) is 0 Å². The van der Waals surface area contributed by atoms with E-state index >= 15 is 0 Å². The minimum absolute atomic E-state index is 0.431. The highest BCUT2D eigenvalue weighted by atomic mass is 35.5. The van der Waals surface area contributed by atoms with Crippen LogP contribution in [0.1, 0.15) is 48.8 Å². The van der Waals surface area contributed by atoms with Crippen LogP contribution in [0.5, 0.6) is 0 Å². The molecule has 3 aliphatic rings. The second-order valence-electron chi connectivity index (χ2n) is 8.51. The van der Waals surface area contributed by atoms with E-state index in [2.05, 4.69) is 39.8 Å². The third-order valence-electron chi connectivity index (χ3n) is 6.53. The van der Waals surface area contributed by atoms with Crippen molar-refractivity contribution in [3.8, 4) is 5.69 Å². The lowest BCUT2D eigenvalue weighted by molar-refractivity contribution is -0.155. The molecule has 0 amide bonds. The summed E-state index contributed by atoms with van der Waals surface area (Å²) in [6, 6.07) is 6.74. The smallest absolute Gasteiger partial charge is 0.179 e.